The summed E-state index contributed by atoms with van der Waals surface area (Å²) in [7, 11) is 0. The molecule has 0 aromatic heterocycles. The summed E-state index contributed by atoms with van der Waals surface area (Å²) in [5, 5.41) is 3.00. The van der Waals surface area contributed by atoms with E-state index in [1.807, 2.05) is 53.4 Å². The predicted molar refractivity (Wildman–Crippen MR) is 157 cm³/mol. The van der Waals surface area contributed by atoms with Gasteiger partial charge in [0.05, 0.1) is 12.0 Å². The molecule has 0 aliphatic carbocycles. The van der Waals surface area contributed by atoms with E-state index < -0.39 is 41.0 Å². The lowest BCUT2D eigenvalue weighted by atomic mass is 9.62. The maximum atomic E-state index is 14.7. The Balaban J connectivity index is 1.48. The van der Waals surface area contributed by atoms with Crippen LogP contribution in [0.2, 0.25) is 0 Å². The topological polar surface area (TPSA) is 92.8 Å². The molecule has 7 nitrogen and oxygen atoms in total. The van der Waals surface area contributed by atoms with Gasteiger partial charge in [0, 0.05) is 29.9 Å². The first-order valence-corrected chi connectivity index (χ1v) is 13.9. The fraction of sp³-hybridized carbons (Fsp3) is 0.143. The number of rotatable bonds is 5. The number of nitrogens with zero attached hydrogens (tertiary/aromatic N) is 1. The normalized spacial score (nSPS) is 22.9. The lowest BCUT2D eigenvalue weighted by molar-refractivity contribution is -0.131. The molecule has 3 aliphatic heterocycles. The summed E-state index contributed by atoms with van der Waals surface area (Å²) < 4.78 is 19.1. The van der Waals surface area contributed by atoms with E-state index in [1.165, 1.54) is 43.3 Å². The molecule has 4 aromatic carbocycles. The molecular formula is C35H25FN2O5. The molecule has 0 bridgehead atoms. The highest BCUT2D eigenvalue weighted by atomic mass is 19.1. The van der Waals surface area contributed by atoms with Crippen LogP contribution in [0, 0.1) is 11.7 Å². The highest BCUT2D eigenvalue weighted by Gasteiger charge is 2.70. The van der Waals surface area contributed by atoms with Crippen molar-refractivity contribution in [2.45, 2.75) is 24.4 Å². The van der Waals surface area contributed by atoms with Crippen LogP contribution in [0.3, 0.4) is 0 Å². The van der Waals surface area contributed by atoms with Gasteiger partial charge in [-0.1, -0.05) is 42.5 Å². The van der Waals surface area contributed by atoms with Crippen LogP contribution in [0.1, 0.15) is 50.4 Å². The standard InChI is InChI=1S/C35H25FN2O5/c1-20(39)43-25-16-12-23(13-17-25)32(41)30-29(31(40)22-10-14-24(36)15-11-22)35(27-8-4-5-9-28(27)37-34(35)42)33-26-7-3-2-6-21(26)18-19-38(30)33/h2-19,29-30,33H,1H3,(H,37,42)/t29-,30+,33-,35-/m1/s1. The Hall–Kier alpha value is -5.37. The molecule has 1 amide bonds. The molecule has 0 unspecified atom stereocenters. The summed E-state index contributed by atoms with van der Waals surface area (Å²) >= 11 is 0. The van der Waals surface area contributed by atoms with Crippen molar-refractivity contribution < 1.29 is 28.3 Å². The lowest BCUT2D eigenvalue weighted by Crippen LogP contribution is -2.49. The van der Waals surface area contributed by atoms with Gasteiger partial charge in [0.15, 0.2) is 11.6 Å². The van der Waals surface area contributed by atoms with Crippen molar-refractivity contribution in [1.29, 1.82) is 0 Å². The Labute approximate surface area is 246 Å². The van der Waals surface area contributed by atoms with E-state index >= 15 is 0 Å². The van der Waals surface area contributed by atoms with Gasteiger partial charge in [0.25, 0.3) is 0 Å². The van der Waals surface area contributed by atoms with Crippen molar-refractivity contribution in [3.8, 4) is 5.75 Å². The van der Waals surface area contributed by atoms with E-state index in [4.69, 9.17) is 4.74 Å². The van der Waals surface area contributed by atoms with Crippen LogP contribution in [-0.4, -0.2) is 34.4 Å². The average Bonchev–Trinajstić information content (AvgIpc) is 3.49. The number of hydrogen-bond donors (Lipinski definition) is 1. The van der Waals surface area contributed by atoms with Crippen molar-refractivity contribution in [2.24, 2.45) is 5.92 Å². The van der Waals surface area contributed by atoms with Gasteiger partial charge in [-0.05, 0) is 77.4 Å². The summed E-state index contributed by atoms with van der Waals surface area (Å²) in [5.74, 6) is -3.10. The number of hydrogen-bond acceptors (Lipinski definition) is 6. The lowest BCUT2D eigenvalue weighted by Gasteiger charge is -2.38. The monoisotopic (exact) mass is 572 g/mol. The molecule has 1 fully saturated rings. The summed E-state index contributed by atoms with van der Waals surface area (Å²) in [6.07, 6.45) is 3.67. The smallest absolute Gasteiger partial charge is 0.308 e. The molecule has 3 heterocycles. The molecule has 1 spiro atoms. The van der Waals surface area contributed by atoms with Gasteiger partial charge < -0.3 is 15.0 Å². The summed E-state index contributed by atoms with van der Waals surface area (Å²) in [6, 6.07) is 24.4. The minimum absolute atomic E-state index is 0.197. The number of ether oxygens (including phenoxy) is 1. The van der Waals surface area contributed by atoms with Gasteiger partial charge in [-0.15, -0.1) is 0 Å². The van der Waals surface area contributed by atoms with Crippen molar-refractivity contribution in [3.05, 3.63) is 137 Å². The van der Waals surface area contributed by atoms with Crippen LogP contribution in [0.25, 0.3) is 6.08 Å². The quantitative estimate of drug-likeness (QED) is 0.187. The summed E-state index contributed by atoms with van der Waals surface area (Å²) in [6.45, 7) is 1.29. The largest absolute Gasteiger partial charge is 0.427 e. The zero-order chi connectivity index (χ0) is 29.9. The first-order chi connectivity index (χ1) is 20.8. The highest BCUT2D eigenvalue weighted by Crippen LogP contribution is 2.62. The molecule has 8 heteroatoms. The van der Waals surface area contributed by atoms with E-state index in [1.54, 1.807) is 24.4 Å². The maximum Gasteiger partial charge on any atom is 0.308 e. The van der Waals surface area contributed by atoms with Crippen molar-refractivity contribution in [3.63, 3.8) is 0 Å². The molecule has 7 rings (SSSR count). The minimum Gasteiger partial charge on any atom is -0.427 e. The van der Waals surface area contributed by atoms with Gasteiger partial charge >= 0.3 is 5.97 Å². The molecular weight excluding hydrogens is 547 g/mol. The number of Topliss-reactive ketones (excluding diaryl/α,β-unsaturated/α-hetero) is 2. The van der Waals surface area contributed by atoms with Gasteiger partial charge in [-0.3, -0.25) is 19.2 Å². The SMILES string of the molecule is CC(=O)Oc1ccc(C(=O)[C@@H]2[C@H](C(=O)c3ccc(F)cc3)[C@@]3(C(=O)Nc4ccccc43)[C@H]3c4ccccc4C=CN23)cc1. The third-order valence-corrected chi connectivity index (χ3v) is 8.65. The number of carbonyl (C=O) groups excluding carboxylic acids is 4. The number of carbonyl (C=O) groups is 4. The van der Waals surface area contributed by atoms with Gasteiger partial charge in [-0.25, -0.2) is 4.39 Å². The van der Waals surface area contributed by atoms with E-state index in [9.17, 15) is 23.6 Å². The van der Waals surface area contributed by atoms with Crippen molar-refractivity contribution in [1.82, 2.24) is 4.90 Å². The fourth-order valence-corrected chi connectivity index (χ4v) is 6.99. The predicted octanol–water partition coefficient (Wildman–Crippen LogP) is 5.73. The van der Waals surface area contributed by atoms with E-state index in [-0.39, 0.29) is 28.6 Å². The third-order valence-electron chi connectivity index (χ3n) is 8.65. The van der Waals surface area contributed by atoms with Crippen LogP contribution < -0.4 is 10.1 Å². The zero-order valence-electron chi connectivity index (χ0n) is 23.0. The van der Waals surface area contributed by atoms with E-state index in [0.717, 1.165) is 11.1 Å². The molecule has 43 heavy (non-hydrogen) atoms. The second kappa shape index (κ2) is 9.87. The molecule has 212 valence electrons. The fourth-order valence-electron chi connectivity index (χ4n) is 6.99. The van der Waals surface area contributed by atoms with Gasteiger partial charge in [-0.2, -0.15) is 0 Å². The number of para-hydroxylation sites is 1. The number of esters is 1. The van der Waals surface area contributed by atoms with Crippen LogP contribution in [0.5, 0.6) is 5.75 Å². The number of halogens is 1. The first-order valence-electron chi connectivity index (χ1n) is 13.9. The zero-order valence-corrected chi connectivity index (χ0v) is 23.0. The molecule has 1 saturated heterocycles. The molecule has 0 radical (unpaired) electrons. The molecule has 1 N–H and O–H groups in total. The summed E-state index contributed by atoms with van der Waals surface area (Å²) in [5.41, 5.74) is 1.90. The number of ketones is 2. The Bertz CT molecular complexity index is 1850. The van der Waals surface area contributed by atoms with E-state index in [0.29, 0.717) is 11.3 Å². The number of nitrogens with one attached hydrogen (secondary N) is 1. The maximum absolute atomic E-state index is 14.7. The second-order valence-corrected chi connectivity index (χ2v) is 10.9. The van der Waals surface area contributed by atoms with Crippen LogP contribution >= 0.6 is 0 Å². The van der Waals surface area contributed by atoms with Crippen molar-refractivity contribution in [2.75, 3.05) is 5.32 Å². The van der Waals surface area contributed by atoms with Gasteiger partial charge in [0.1, 0.15) is 23.0 Å². The highest BCUT2D eigenvalue weighted by molar-refractivity contribution is 6.16. The van der Waals surface area contributed by atoms with Crippen LogP contribution in [0.15, 0.2) is 103 Å². The number of benzene rings is 4. The van der Waals surface area contributed by atoms with Crippen molar-refractivity contribution >= 4 is 35.2 Å². The Kier molecular flexibility index (Phi) is 6.09. The third kappa shape index (κ3) is 3.94. The molecule has 3 aliphatic rings. The Morgan fingerprint density at radius 2 is 1.49 bits per heavy atom. The average molecular weight is 573 g/mol. The van der Waals surface area contributed by atoms with Crippen LogP contribution in [-0.2, 0) is 15.0 Å². The van der Waals surface area contributed by atoms with E-state index in [2.05, 4.69) is 5.32 Å². The van der Waals surface area contributed by atoms with Gasteiger partial charge in [0.2, 0.25) is 5.91 Å². The Morgan fingerprint density at radius 1 is 0.837 bits per heavy atom. The molecule has 0 saturated carbocycles. The molecule has 4 atom stereocenters. The summed E-state index contributed by atoms with van der Waals surface area (Å²) in [4.78, 5) is 57.0. The first kappa shape index (κ1) is 26.5. The number of anilines is 1. The molecule has 4 aromatic rings. The Morgan fingerprint density at radius 3 is 2.23 bits per heavy atom. The number of amides is 1. The number of fused-ring (bicyclic) bond motifs is 6. The minimum atomic E-state index is -1.49. The van der Waals surface area contributed by atoms with Crippen LogP contribution in [0.4, 0.5) is 10.1 Å². The second-order valence-electron chi connectivity index (χ2n) is 10.9.